The van der Waals surface area contributed by atoms with Crippen LogP contribution >= 0.6 is 0 Å². The van der Waals surface area contributed by atoms with Gasteiger partial charge < -0.3 is 15.8 Å². The first kappa shape index (κ1) is 15.1. The third-order valence-electron chi connectivity index (χ3n) is 2.21. The number of carbonyl (C=O) groups is 1. The zero-order chi connectivity index (χ0) is 14.3. The number of alkyl halides is 3. The van der Waals surface area contributed by atoms with Crippen LogP contribution in [0.15, 0.2) is 24.3 Å². The maximum absolute atomic E-state index is 11.8. The summed E-state index contributed by atoms with van der Waals surface area (Å²) in [7, 11) is 0. The van der Waals surface area contributed by atoms with Gasteiger partial charge in [-0.25, -0.2) is 0 Å². The molecular weight excluding hydrogens is 261 g/mol. The number of ether oxygens (including phenoxy) is 1. The maximum atomic E-state index is 11.8. The second-order valence-electron chi connectivity index (χ2n) is 3.93. The molecule has 0 aliphatic carbocycles. The quantitative estimate of drug-likeness (QED) is 0.618. The summed E-state index contributed by atoms with van der Waals surface area (Å²) < 4.78 is 40.6. The first-order chi connectivity index (χ1) is 8.87. The molecule has 0 aliphatic rings. The van der Waals surface area contributed by atoms with Crippen LogP contribution in [0.2, 0.25) is 0 Å². The molecule has 0 aliphatic heterocycles. The molecule has 0 heterocycles. The van der Waals surface area contributed by atoms with Gasteiger partial charge in [-0.05, 0) is 30.7 Å². The van der Waals surface area contributed by atoms with E-state index in [1.807, 2.05) is 0 Å². The maximum Gasteiger partial charge on any atom is 0.389 e. The van der Waals surface area contributed by atoms with E-state index in [0.717, 1.165) is 0 Å². The van der Waals surface area contributed by atoms with Gasteiger partial charge in [0.25, 0.3) is 5.91 Å². The minimum atomic E-state index is -4.19. The summed E-state index contributed by atoms with van der Waals surface area (Å²) in [5.74, 6) is 0.0126. The average molecular weight is 276 g/mol. The lowest BCUT2D eigenvalue weighted by atomic mass is 10.3. The highest BCUT2D eigenvalue weighted by atomic mass is 19.4. The summed E-state index contributed by atoms with van der Waals surface area (Å²) in [6.45, 7) is -0.265. The molecule has 1 aromatic rings. The molecule has 0 atom stereocenters. The minimum Gasteiger partial charge on any atom is -0.484 e. The largest absolute Gasteiger partial charge is 0.484 e. The van der Waals surface area contributed by atoms with Crippen molar-refractivity contribution in [1.29, 1.82) is 0 Å². The van der Waals surface area contributed by atoms with Crippen LogP contribution in [-0.4, -0.2) is 25.2 Å². The number of hydrogen-bond acceptors (Lipinski definition) is 3. The lowest BCUT2D eigenvalue weighted by Gasteiger charge is -2.08. The molecule has 0 saturated carbocycles. The molecule has 1 amide bonds. The SMILES string of the molecule is Nc1ccc(OCC(=O)NCCCC(F)(F)F)cc1. The van der Waals surface area contributed by atoms with Gasteiger partial charge >= 0.3 is 6.18 Å². The van der Waals surface area contributed by atoms with Crippen molar-refractivity contribution in [3.05, 3.63) is 24.3 Å². The van der Waals surface area contributed by atoms with Crippen LogP contribution < -0.4 is 15.8 Å². The van der Waals surface area contributed by atoms with E-state index in [9.17, 15) is 18.0 Å². The molecule has 7 heteroatoms. The molecular formula is C12H15F3N2O2. The number of rotatable bonds is 6. The van der Waals surface area contributed by atoms with E-state index in [2.05, 4.69) is 5.32 Å². The van der Waals surface area contributed by atoms with Gasteiger partial charge in [0.2, 0.25) is 0 Å². The van der Waals surface area contributed by atoms with E-state index in [1.165, 1.54) is 0 Å². The fourth-order valence-corrected chi connectivity index (χ4v) is 1.28. The highest BCUT2D eigenvalue weighted by Gasteiger charge is 2.25. The Morgan fingerprint density at radius 3 is 2.47 bits per heavy atom. The van der Waals surface area contributed by atoms with Crippen LogP contribution in [-0.2, 0) is 4.79 Å². The Morgan fingerprint density at radius 1 is 1.26 bits per heavy atom. The van der Waals surface area contributed by atoms with E-state index in [-0.39, 0.29) is 19.6 Å². The van der Waals surface area contributed by atoms with Crippen LogP contribution in [0.25, 0.3) is 0 Å². The lowest BCUT2D eigenvalue weighted by Crippen LogP contribution is -2.30. The summed E-state index contributed by atoms with van der Waals surface area (Å²) in [6.07, 6.45) is -5.24. The van der Waals surface area contributed by atoms with Crippen molar-refractivity contribution < 1.29 is 22.7 Å². The zero-order valence-corrected chi connectivity index (χ0v) is 10.2. The number of anilines is 1. The summed E-state index contributed by atoms with van der Waals surface area (Å²) >= 11 is 0. The van der Waals surface area contributed by atoms with Gasteiger partial charge in [-0.3, -0.25) is 4.79 Å². The van der Waals surface area contributed by atoms with E-state index >= 15 is 0 Å². The van der Waals surface area contributed by atoms with E-state index in [0.29, 0.717) is 11.4 Å². The molecule has 3 N–H and O–H groups in total. The Hall–Kier alpha value is -1.92. The second kappa shape index (κ2) is 6.86. The summed E-state index contributed by atoms with van der Waals surface area (Å²) in [6, 6.07) is 6.45. The highest BCUT2D eigenvalue weighted by Crippen LogP contribution is 2.20. The minimum absolute atomic E-state index is 0.0244. The van der Waals surface area contributed by atoms with Crippen molar-refractivity contribution in [2.75, 3.05) is 18.9 Å². The number of nitrogens with one attached hydrogen (secondary N) is 1. The van der Waals surface area contributed by atoms with Gasteiger partial charge in [-0.15, -0.1) is 0 Å². The number of carbonyl (C=O) groups excluding carboxylic acids is 1. The van der Waals surface area contributed by atoms with E-state index in [1.54, 1.807) is 24.3 Å². The van der Waals surface area contributed by atoms with Gasteiger partial charge in [0.1, 0.15) is 5.75 Å². The molecule has 4 nitrogen and oxygen atoms in total. The van der Waals surface area contributed by atoms with Gasteiger partial charge in [-0.1, -0.05) is 0 Å². The van der Waals surface area contributed by atoms with Gasteiger partial charge in [0.05, 0.1) is 0 Å². The highest BCUT2D eigenvalue weighted by molar-refractivity contribution is 5.77. The number of nitrogen functional groups attached to an aromatic ring is 1. The van der Waals surface area contributed by atoms with Gasteiger partial charge in [0, 0.05) is 18.7 Å². The van der Waals surface area contributed by atoms with Crippen LogP contribution in [0.5, 0.6) is 5.75 Å². The molecule has 0 unspecified atom stereocenters. The fraction of sp³-hybridized carbons (Fsp3) is 0.417. The fourth-order valence-electron chi connectivity index (χ4n) is 1.28. The van der Waals surface area contributed by atoms with Gasteiger partial charge in [0.15, 0.2) is 6.61 Å². The van der Waals surface area contributed by atoms with Crippen LogP contribution in [0, 0.1) is 0 Å². The third-order valence-corrected chi connectivity index (χ3v) is 2.21. The molecule has 19 heavy (non-hydrogen) atoms. The Balaban J connectivity index is 2.16. The molecule has 106 valence electrons. The molecule has 0 aromatic heterocycles. The number of nitrogens with two attached hydrogens (primary N) is 1. The Bertz CT molecular complexity index is 404. The Labute approximate surface area is 108 Å². The third kappa shape index (κ3) is 7.17. The van der Waals surface area contributed by atoms with Crippen LogP contribution in [0.3, 0.4) is 0 Å². The van der Waals surface area contributed by atoms with Crippen molar-refractivity contribution >= 4 is 11.6 Å². The van der Waals surface area contributed by atoms with Crippen LogP contribution in [0.1, 0.15) is 12.8 Å². The summed E-state index contributed by atoms with van der Waals surface area (Å²) in [5.41, 5.74) is 6.05. The summed E-state index contributed by atoms with van der Waals surface area (Å²) in [4.78, 5) is 11.3. The van der Waals surface area contributed by atoms with Crippen LogP contribution in [0.4, 0.5) is 18.9 Å². The van der Waals surface area contributed by atoms with E-state index in [4.69, 9.17) is 10.5 Å². The first-order valence-electron chi connectivity index (χ1n) is 5.68. The standard InChI is InChI=1S/C12H15F3N2O2/c13-12(14,15)6-1-7-17-11(18)8-19-10-4-2-9(16)3-5-10/h2-5H,1,6-8,16H2,(H,17,18). The normalized spacial score (nSPS) is 11.1. The molecule has 0 saturated heterocycles. The summed E-state index contributed by atoms with van der Waals surface area (Å²) in [5, 5.41) is 2.35. The Morgan fingerprint density at radius 2 is 1.89 bits per heavy atom. The predicted octanol–water partition coefficient (Wildman–Crippen LogP) is 2.11. The number of halogens is 3. The number of benzene rings is 1. The predicted molar refractivity (Wildman–Crippen MR) is 64.6 cm³/mol. The molecule has 1 rings (SSSR count). The first-order valence-corrected chi connectivity index (χ1v) is 5.68. The lowest BCUT2D eigenvalue weighted by molar-refractivity contribution is -0.136. The second-order valence-corrected chi connectivity index (χ2v) is 3.93. The molecule has 0 fully saturated rings. The van der Waals surface area contributed by atoms with Crippen molar-refractivity contribution in [2.24, 2.45) is 0 Å². The Kier molecular flexibility index (Phi) is 5.47. The number of hydrogen-bond donors (Lipinski definition) is 2. The zero-order valence-electron chi connectivity index (χ0n) is 10.2. The smallest absolute Gasteiger partial charge is 0.389 e. The molecule has 0 spiro atoms. The van der Waals surface area contributed by atoms with Crippen molar-refractivity contribution in [3.8, 4) is 5.75 Å². The molecule has 0 bridgehead atoms. The van der Waals surface area contributed by atoms with Crippen molar-refractivity contribution in [3.63, 3.8) is 0 Å². The number of amides is 1. The van der Waals surface area contributed by atoms with Crippen molar-refractivity contribution in [2.45, 2.75) is 19.0 Å². The monoisotopic (exact) mass is 276 g/mol. The average Bonchev–Trinajstić information content (AvgIpc) is 2.33. The molecule has 1 aromatic carbocycles. The topological polar surface area (TPSA) is 64.3 Å². The molecule has 0 radical (unpaired) electrons. The van der Waals surface area contributed by atoms with Crippen molar-refractivity contribution in [1.82, 2.24) is 5.32 Å². The van der Waals surface area contributed by atoms with E-state index < -0.39 is 18.5 Å². The van der Waals surface area contributed by atoms with Gasteiger partial charge in [-0.2, -0.15) is 13.2 Å².